The summed E-state index contributed by atoms with van der Waals surface area (Å²) in [6, 6.07) is 21.6. The topological polar surface area (TPSA) is 64.0 Å². The largest absolute Gasteiger partial charge is 0.325 e. The van der Waals surface area contributed by atoms with Crippen molar-refractivity contribution in [1.82, 2.24) is 9.55 Å². The van der Waals surface area contributed by atoms with Gasteiger partial charge in [0.2, 0.25) is 5.91 Å². The van der Waals surface area contributed by atoms with E-state index in [4.69, 9.17) is 4.98 Å². The van der Waals surface area contributed by atoms with Crippen LogP contribution < -0.4 is 10.9 Å². The molecule has 3 aromatic carbocycles. The summed E-state index contributed by atoms with van der Waals surface area (Å²) in [6.07, 6.45) is 1.69. The number of fused-ring (bicyclic) bond motifs is 1. The minimum atomic E-state index is -0.107. The van der Waals surface area contributed by atoms with Crippen molar-refractivity contribution < 1.29 is 4.79 Å². The molecule has 0 saturated heterocycles. The van der Waals surface area contributed by atoms with Crippen LogP contribution in [0.1, 0.15) is 36.1 Å². The Balaban J connectivity index is 1.62. The van der Waals surface area contributed by atoms with E-state index < -0.39 is 0 Å². The second kappa shape index (κ2) is 10.7. The van der Waals surface area contributed by atoms with Crippen LogP contribution in [0.4, 0.5) is 5.69 Å². The van der Waals surface area contributed by atoms with Gasteiger partial charge in [-0.25, -0.2) is 4.98 Å². The number of benzene rings is 3. The molecule has 0 unspecified atom stereocenters. The zero-order valence-corrected chi connectivity index (χ0v) is 20.6. The van der Waals surface area contributed by atoms with E-state index in [0.29, 0.717) is 22.6 Å². The lowest BCUT2D eigenvalue weighted by Crippen LogP contribution is -2.25. The highest BCUT2D eigenvalue weighted by Gasteiger charge is 2.15. The van der Waals surface area contributed by atoms with E-state index in [1.54, 1.807) is 10.6 Å². The van der Waals surface area contributed by atoms with Gasteiger partial charge in [-0.1, -0.05) is 85.8 Å². The van der Waals surface area contributed by atoms with Crippen molar-refractivity contribution in [2.45, 2.75) is 45.3 Å². The van der Waals surface area contributed by atoms with Gasteiger partial charge in [0.05, 0.1) is 23.2 Å². The Morgan fingerprint density at radius 2 is 1.62 bits per heavy atom. The molecule has 0 aliphatic heterocycles. The van der Waals surface area contributed by atoms with Gasteiger partial charge in [-0.05, 0) is 48.6 Å². The van der Waals surface area contributed by atoms with Crippen LogP contribution >= 0.6 is 11.8 Å². The first-order valence-electron chi connectivity index (χ1n) is 11.6. The maximum absolute atomic E-state index is 13.3. The summed E-state index contributed by atoms with van der Waals surface area (Å²) in [7, 11) is 0. The van der Waals surface area contributed by atoms with Gasteiger partial charge in [0, 0.05) is 5.69 Å². The van der Waals surface area contributed by atoms with Crippen molar-refractivity contribution in [3.05, 3.63) is 99.3 Å². The lowest BCUT2D eigenvalue weighted by Gasteiger charge is -2.15. The number of nitrogens with zero attached hydrogens (tertiary/aromatic N) is 2. The first-order chi connectivity index (χ1) is 16.5. The predicted molar refractivity (Wildman–Crippen MR) is 141 cm³/mol. The van der Waals surface area contributed by atoms with E-state index in [9.17, 15) is 9.59 Å². The van der Waals surface area contributed by atoms with Crippen LogP contribution in [0, 0.1) is 6.92 Å². The van der Waals surface area contributed by atoms with Crippen LogP contribution in [-0.2, 0) is 24.2 Å². The van der Waals surface area contributed by atoms with Gasteiger partial charge in [0.25, 0.3) is 5.56 Å². The standard InChI is InChI=1S/C28H29N3O2S/c1-4-21-9-8-10-22(5-2)26(21)30-25(32)18-34-28-29-24-12-7-6-11-23(24)27(33)31(28)17-20-15-13-19(3)14-16-20/h6-16H,4-5,17-18H2,1-3H3,(H,30,32). The number of carbonyl (C=O) groups is 1. The van der Waals surface area contributed by atoms with Crippen LogP contribution in [-0.4, -0.2) is 21.2 Å². The van der Waals surface area contributed by atoms with Gasteiger partial charge in [-0.2, -0.15) is 0 Å². The third-order valence-electron chi connectivity index (χ3n) is 5.88. The molecule has 34 heavy (non-hydrogen) atoms. The monoisotopic (exact) mass is 471 g/mol. The summed E-state index contributed by atoms with van der Waals surface area (Å²) in [5.74, 6) is 0.0600. The second-order valence-electron chi connectivity index (χ2n) is 8.28. The fourth-order valence-electron chi connectivity index (χ4n) is 3.98. The molecule has 0 radical (unpaired) electrons. The quantitative estimate of drug-likeness (QED) is 0.268. The third kappa shape index (κ3) is 5.23. The van der Waals surface area contributed by atoms with Crippen LogP contribution in [0.3, 0.4) is 0 Å². The number of nitrogens with one attached hydrogen (secondary N) is 1. The molecule has 0 atom stereocenters. The van der Waals surface area contributed by atoms with Gasteiger partial charge in [-0.15, -0.1) is 0 Å². The molecule has 0 bridgehead atoms. The molecule has 5 nitrogen and oxygen atoms in total. The number of thioether (sulfide) groups is 1. The highest BCUT2D eigenvalue weighted by molar-refractivity contribution is 7.99. The van der Waals surface area contributed by atoms with Crippen LogP contribution in [0.15, 0.2) is 76.7 Å². The molecule has 0 saturated carbocycles. The molecule has 1 N–H and O–H groups in total. The van der Waals surface area contributed by atoms with Crippen molar-refractivity contribution in [1.29, 1.82) is 0 Å². The van der Waals surface area contributed by atoms with Gasteiger partial charge in [0.1, 0.15) is 0 Å². The molecule has 4 aromatic rings. The number of anilines is 1. The summed E-state index contributed by atoms with van der Waals surface area (Å²) in [6.45, 7) is 6.61. The Morgan fingerprint density at radius 1 is 0.941 bits per heavy atom. The summed E-state index contributed by atoms with van der Waals surface area (Å²) < 4.78 is 1.67. The Labute approximate surface area is 204 Å². The molecule has 1 heterocycles. The first-order valence-corrected chi connectivity index (χ1v) is 12.6. The Morgan fingerprint density at radius 3 is 2.29 bits per heavy atom. The average Bonchev–Trinajstić information content (AvgIpc) is 2.86. The van der Waals surface area contributed by atoms with Gasteiger partial charge < -0.3 is 5.32 Å². The van der Waals surface area contributed by atoms with E-state index in [0.717, 1.165) is 40.8 Å². The summed E-state index contributed by atoms with van der Waals surface area (Å²) >= 11 is 1.29. The van der Waals surface area contributed by atoms with Gasteiger partial charge in [0.15, 0.2) is 5.16 Å². The van der Waals surface area contributed by atoms with E-state index in [2.05, 4.69) is 19.2 Å². The minimum Gasteiger partial charge on any atom is -0.325 e. The van der Waals surface area contributed by atoms with Crippen LogP contribution in [0.25, 0.3) is 10.9 Å². The van der Waals surface area contributed by atoms with Crippen LogP contribution in [0.5, 0.6) is 0 Å². The fraction of sp³-hybridized carbons (Fsp3) is 0.250. The number of hydrogen-bond acceptors (Lipinski definition) is 4. The van der Waals surface area contributed by atoms with Crippen molar-refractivity contribution in [3.63, 3.8) is 0 Å². The number of aryl methyl sites for hydroxylation is 3. The van der Waals surface area contributed by atoms with E-state index in [-0.39, 0.29) is 17.2 Å². The SMILES string of the molecule is CCc1cccc(CC)c1NC(=O)CSc1nc2ccccc2c(=O)n1Cc1ccc(C)cc1. The van der Waals surface area contributed by atoms with Gasteiger partial charge >= 0.3 is 0 Å². The summed E-state index contributed by atoms with van der Waals surface area (Å²) in [4.78, 5) is 31.0. The molecule has 1 aromatic heterocycles. The highest BCUT2D eigenvalue weighted by atomic mass is 32.2. The van der Waals surface area contributed by atoms with E-state index >= 15 is 0 Å². The smallest absolute Gasteiger partial charge is 0.262 e. The molecular formula is C28H29N3O2S. The molecule has 0 aliphatic rings. The van der Waals surface area contributed by atoms with Crippen molar-refractivity contribution in [2.75, 3.05) is 11.1 Å². The molecular weight excluding hydrogens is 442 g/mol. The molecule has 0 fully saturated rings. The highest BCUT2D eigenvalue weighted by Crippen LogP contribution is 2.24. The van der Waals surface area contributed by atoms with Crippen LogP contribution in [0.2, 0.25) is 0 Å². The number of carbonyl (C=O) groups excluding carboxylic acids is 1. The number of hydrogen-bond donors (Lipinski definition) is 1. The second-order valence-corrected chi connectivity index (χ2v) is 9.23. The van der Waals surface area contributed by atoms with Crippen molar-refractivity contribution >= 4 is 34.3 Å². The zero-order valence-electron chi connectivity index (χ0n) is 19.8. The first kappa shape index (κ1) is 23.8. The molecule has 6 heteroatoms. The Kier molecular flexibility index (Phi) is 7.48. The Hall–Kier alpha value is -3.38. The zero-order chi connectivity index (χ0) is 24.1. The molecule has 0 spiro atoms. The number of para-hydroxylation sites is 2. The molecule has 0 aliphatic carbocycles. The minimum absolute atomic E-state index is 0.0984. The number of amides is 1. The van der Waals surface area contributed by atoms with E-state index in [1.165, 1.54) is 11.8 Å². The number of rotatable bonds is 8. The molecule has 1 amide bonds. The predicted octanol–water partition coefficient (Wildman–Crippen LogP) is 5.61. The third-order valence-corrected chi connectivity index (χ3v) is 6.86. The van der Waals surface area contributed by atoms with Crippen molar-refractivity contribution in [3.8, 4) is 0 Å². The maximum atomic E-state index is 13.3. The molecule has 174 valence electrons. The average molecular weight is 472 g/mol. The maximum Gasteiger partial charge on any atom is 0.262 e. The lowest BCUT2D eigenvalue weighted by molar-refractivity contribution is -0.113. The normalized spacial score (nSPS) is 11.0. The number of aromatic nitrogens is 2. The molecule has 4 rings (SSSR count). The fourth-order valence-corrected chi connectivity index (χ4v) is 4.78. The summed E-state index contributed by atoms with van der Waals surface area (Å²) in [5.41, 5.74) is 5.87. The lowest BCUT2D eigenvalue weighted by atomic mass is 10.0. The summed E-state index contributed by atoms with van der Waals surface area (Å²) in [5, 5.41) is 4.22. The van der Waals surface area contributed by atoms with E-state index in [1.807, 2.05) is 67.6 Å². The van der Waals surface area contributed by atoms with Gasteiger partial charge in [-0.3, -0.25) is 14.2 Å². The Bertz CT molecular complexity index is 1350. The van der Waals surface area contributed by atoms with Crippen molar-refractivity contribution in [2.24, 2.45) is 0 Å².